The second kappa shape index (κ2) is 11.1. The Morgan fingerprint density at radius 1 is 0.609 bits per heavy atom. The molecule has 5 nitrogen and oxygen atoms in total. The van der Waals surface area contributed by atoms with Crippen LogP contribution < -0.4 is 4.90 Å². The quantitative estimate of drug-likeness (QED) is 0.147. The first kappa shape index (κ1) is 29.2. The van der Waals surface area contributed by atoms with Gasteiger partial charge < -0.3 is 4.90 Å². The van der Waals surface area contributed by atoms with E-state index in [1.54, 1.807) is 29.2 Å². The van der Waals surface area contributed by atoms with Gasteiger partial charge in [-0.1, -0.05) is 121 Å². The molecule has 0 aromatic heterocycles. The molecule has 0 saturated heterocycles. The number of carbonyl (C=O) groups excluding carboxylic acids is 3. The molecule has 0 bridgehead atoms. The number of imide groups is 1. The van der Waals surface area contributed by atoms with Crippen molar-refractivity contribution < 1.29 is 14.4 Å². The first-order valence-electron chi connectivity index (χ1n) is 15.5. The summed E-state index contributed by atoms with van der Waals surface area (Å²) < 4.78 is 0. The molecule has 46 heavy (non-hydrogen) atoms. The molecule has 7 rings (SSSR count). The summed E-state index contributed by atoms with van der Waals surface area (Å²) in [5, 5.41) is 0. The zero-order valence-electron chi connectivity index (χ0n) is 26.1. The van der Waals surface area contributed by atoms with Crippen LogP contribution in [0.3, 0.4) is 0 Å². The third-order valence-electron chi connectivity index (χ3n) is 9.28. The average Bonchev–Trinajstić information content (AvgIpc) is 3.31. The van der Waals surface area contributed by atoms with Gasteiger partial charge in [0.1, 0.15) is 6.54 Å². The number of nitrogens with zero attached hydrogens (tertiary/aromatic N) is 2. The molecule has 2 heterocycles. The molecule has 0 unspecified atom stereocenters. The van der Waals surface area contributed by atoms with Gasteiger partial charge in [0.25, 0.3) is 11.8 Å². The maximum atomic E-state index is 14.4. The van der Waals surface area contributed by atoms with Crippen LogP contribution in [-0.2, 0) is 10.2 Å². The van der Waals surface area contributed by atoms with E-state index in [1.165, 1.54) is 0 Å². The molecule has 0 fully saturated rings. The lowest BCUT2D eigenvalue weighted by Gasteiger charge is -2.43. The second-order valence-electron chi connectivity index (χ2n) is 12.5. The summed E-state index contributed by atoms with van der Waals surface area (Å²) in [7, 11) is 0. The van der Waals surface area contributed by atoms with Crippen molar-refractivity contribution in [2.24, 2.45) is 0 Å². The van der Waals surface area contributed by atoms with Gasteiger partial charge in [-0.05, 0) is 66.8 Å². The van der Waals surface area contributed by atoms with Crippen LogP contribution in [0.15, 0.2) is 140 Å². The van der Waals surface area contributed by atoms with Crippen LogP contribution in [0.2, 0.25) is 0 Å². The van der Waals surface area contributed by atoms with Gasteiger partial charge in [-0.15, -0.1) is 0 Å². The van der Waals surface area contributed by atoms with E-state index in [-0.39, 0.29) is 12.5 Å². The van der Waals surface area contributed by atoms with Crippen LogP contribution in [-0.4, -0.2) is 34.7 Å². The van der Waals surface area contributed by atoms with Crippen LogP contribution >= 0.6 is 0 Å². The van der Waals surface area contributed by atoms with Crippen molar-refractivity contribution >= 4 is 29.0 Å². The van der Waals surface area contributed by atoms with Crippen molar-refractivity contribution in [2.75, 3.05) is 11.4 Å². The number of rotatable bonds is 6. The summed E-state index contributed by atoms with van der Waals surface area (Å²) >= 11 is 0. The predicted molar refractivity (Wildman–Crippen MR) is 182 cm³/mol. The Balaban J connectivity index is 1.41. The number of benzene rings is 5. The Morgan fingerprint density at radius 2 is 1.07 bits per heavy atom. The minimum Gasteiger partial charge on any atom is -0.301 e. The lowest BCUT2D eigenvalue weighted by atomic mass is 9.64. The fourth-order valence-electron chi connectivity index (χ4n) is 7.37. The van der Waals surface area contributed by atoms with Gasteiger partial charge in [-0.3, -0.25) is 19.3 Å². The molecule has 0 N–H and O–H groups in total. The van der Waals surface area contributed by atoms with Crippen LogP contribution in [0.4, 0.5) is 5.69 Å². The van der Waals surface area contributed by atoms with Crippen molar-refractivity contribution in [3.05, 3.63) is 178 Å². The van der Waals surface area contributed by atoms with E-state index >= 15 is 0 Å². The molecule has 2 aliphatic rings. The number of hydrogen-bond donors (Lipinski definition) is 0. The molecule has 2 aliphatic heterocycles. The molecule has 0 spiro atoms. The van der Waals surface area contributed by atoms with Gasteiger partial charge in [0, 0.05) is 5.56 Å². The molecular formula is C41H34N2O3. The van der Waals surface area contributed by atoms with Gasteiger partial charge in [-0.2, -0.15) is 0 Å². The number of allylic oxidation sites excluding steroid dienone is 1. The zero-order valence-corrected chi connectivity index (χ0v) is 26.1. The summed E-state index contributed by atoms with van der Waals surface area (Å²) in [6.45, 7) is 5.69. The molecule has 5 heteroatoms. The molecular weight excluding hydrogens is 568 g/mol. The van der Waals surface area contributed by atoms with E-state index in [4.69, 9.17) is 0 Å². The number of anilines is 1. The van der Waals surface area contributed by atoms with Crippen molar-refractivity contribution in [3.8, 4) is 0 Å². The third kappa shape index (κ3) is 4.50. The second-order valence-corrected chi connectivity index (χ2v) is 12.5. The van der Waals surface area contributed by atoms with Gasteiger partial charge in [0.05, 0.1) is 27.8 Å². The first-order valence-corrected chi connectivity index (χ1v) is 15.5. The number of fused-ring (bicyclic) bond motifs is 2. The number of amides is 3. The third-order valence-corrected chi connectivity index (χ3v) is 9.28. The molecule has 0 atom stereocenters. The van der Waals surface area contributed by atoms with E-state index in [0.717, 1.165) is 44.0 Å². The van der Waals surface area contributed by atoms with Crippen molar-refractivity contribution in [1.82, 2.24) is 4.90 Å². The Hall–Kier alpha value is -5.55. The number of carbonyl (C=O) groups is 3. The maximum absolute atomic E-state index is 14.4. The fourth-order valence-corrected chi connectivity index (χ4v) is 7.37. The van der Waals surface area contributed by atoms with Crippen LogP contribution in [0.25, 0.3) is 5.57 Å². The first-order chi connectivity index (χ1) is 22.2. The average molecular weight is 603 g/mol. The lowest BCUT2D eigenvalue weighted by Crippen LogP contribution is -2.53. The van der Waals surface area contributed by atoms with E-state index in [9.17, 15) is 14.4 Å². The van der Waals surface area contributed by atoms with Gasteiger partial charge in [-0.25, -0.2) is 0 Å². The highest BCUT2D eigenvalue weighted by atomic mass is 16.2. The smallest absolute Gasteiger partial charge is 0.262 e. The summed E-state index contributed by atoms with van der Waals surface area (Å²) in [5.41, 5.74) is 6.26. The number of hydrogen-bond acceptors (Lipinski definition) is 3. The van der Waals surface area contributed by atoms with Crippen LogP contribution in [0.1, 0.15) is 69.3 Å². The maximum Gasteiger partial charge on any atom is 0.262 e. The van der Waals surface area contributed by atoms with E-state index < -0.39 is 22.8 Å². The fraction of sp³-hybridized carbons (Fsp3) is 0.146. The van der Waals surface area contributed by atoms with Crippen molar-refractivity contribution in [2.45, 2.75) is 31.7 Å². The highest BCUT2D eigenvalue weighted by Crippen LogP contribution is 2.48. The van der Waals surface area contributed by atoms with E-state index in [1.807, 2.05) is 32.0 Å². The molecule has 5 aromatic rings. The van der Waals surface area contributed by atoms with Gasteiger partial charge in [0.15, 0.2) is 0 Å². The Bertz CT molecular complexity index is 1880. The van der Waals surface area contributed by atoms with E-state index in [2.05, 4.69) is 104 Å². The standard InChI is InChI=1S/C41H34N2O3/c1-28-26-40(2,3)43(37(44)27-42-38(45)34-21-13-14-22-35(34)39(42)46)36-25-32(23-24-33(28)36)41(29-15-7-4-8-16-29,30-17-9-5-10-18-30)31-19-11-6-12-20-31/h4-26H,27H2,1-3H3. The highest BCUT2D eigenvalue weighted by molar-refractivity contribution is 6.23. The summed E-state index contributed by atoms with van der Waals surface area (Å²) in [5.74, 6) is -1.21. The molecule has 5 aromatic carbocycles. The normalized spacial score (nSPS) is 15.3. The molecule has 0 saturated carbocycles. The zero-order chi connectivity index (χ0) is 32.1. The molecule has 0 radical (unpaired) electrons. The Kier molecular flexibility index (Phi) is 7.05. The minimum atomic E-state index is -0.722. The Labute approximate surface area is 269 Å². The Morgan fingerprint density at radius 3 is 1.54 bits per heavy atom. The van der Waals surface area contributed by atoms with Gasteiger partial charge >= 0.3 is 0 Å². The highest BCUT2D eigenvalue weighted by Gasteiger charge is 2.43. The predicted octanol–water partition coefficient (Wildman–Crippen LogP) is 7.89. The van der Waals surface area contributed by atoms with Crippen molar-refractivity contribution in [3.63, 3.8) is 0 Å². The topological polar surface area (TPSA) is 57.7 Å². The minimum absolute atomic E-state index is 0.327. The summed E-state index contributed by atoms with van der Waals surface area (Å²) in [6.07, 6.45) is 2.08. The SMILES string of the molecule is CC1=CC(C)(C)N(C(=O)CN2C(=O)c3ccccc3C2=O)c2cc(C(c3ccccc3)(c3ccccc3)c3ccccc3)ccc21. The summed E-state index contributed by atoms with van der Waals surface area (Å²) in [4.78, 5) is 43.8. The van der Waals surface area contributed by atoms with Crippen LogP contribution in [0.5, 0.6) is 0 Å². The lowest BCUT2D eigenvalue weighted by molar-refractivity contribution is -0.119. The summed E-state index contributed by atoms with van der Waals surface area (Å²) in [6, 6.07) is 44.4. The largest absolute Gasteiger partial charge is 0.301 e. The molecule has 226 valence electrons. The van der Waals surface area contributed by atoms with E-state index in [0.29, 0.717) is 11.1 Å². The van der Waals surface area contributed by atoms with Crippen LogP contribution in [0, 0.1) is 0 Å². The van der Waals surface area contributed by atoms with Gasteiger partial charge in [0.2, 0.25) is 5.91 Å². The monoisotopic (exact) mass is 602 g/mol. The molecule has 0 aliphatic carbocycles. The molecule has 3 amide bonds. The van der Waals surface area contributed by atoms with Crippen molar-refractivity contribution in [1.29, 1.82) is 0 Å².